The van der Waals surface area contributed by atoms with Gasteiger partial charge in [-0.25, -0.2) is 0 Å². The molecule has 0 spiro atoms. The van der Waals surface area contributed by atoms with Gasteiger partial charge in [-0.3, -0.25) is 0 Å². The van der Waals surface area contributed by atoms with Gasteiger partial charge in [0, 0.05) is 20.3 Å². The SMILES string of the molecule is Cc1ccc(/C(C#N)=C\N(C)C)cc1. The summed E-state index contributed by atoms with van der Waals surface area (Å²) in [6.45, 7) is 2.03. The molecule has 0 saturated heterocycles. The zero-order chi connectivity index (χ0) is 10.6. The predicted octanol–water partition coefficient (Wildman–Crippen LogP) is 2.42. The number of allylic oxidation sites excluding steroid dienone is 1. The summed E-state index contributed by atoms with van der Waals surface area (Å²) in [7, 11) is 3.82. The highest BCUT2D eigenvalue weighted by atomic mass is 15.0. The molecule has 0 radical (unpaired) electrons. The quantitative estimate of drug-likeness (QED) is 0.663. The van der Waals surface area contributed by atoms with E-state index in [4.69, 9.17) is 5.26 Å². The number of hydrogen-bond acceptors (Lipinski definition) is 2. The van der Waals surface area contributed by atoms with E-state index in [1.165, 1.54) is 5.56 Å². The fourth-order valence-corrected chi connectivity index (χ4v) is 1.16. The summed E-state index contributed by atoms with van der Waals surface area (Å²) in [6, 6.07) is 10.1. The molecule has 0 heterocycles. The Morgan fingerprint density at radius 3 is 2.29 bits per heavy atom. The van der Waals surface area contributed by atoms with Gasteiger partial charge in [0.25, 0.3) is 0 Å². The van der Waals surface area contributed by atoms with Gasteiger partial charge in [-0.15, -0.1) is 0 Å². The van der Waals surface area contributed by atoms with Gasteiger partial charge in [0.05, 0.1) is 5.57 Å². The van der Waals surface area contributed by atoms with Crippen LogP contribution in [0.5, 0.6) is 0 Å². The van der Waals surface area contributed by atoms with Crippen molar-refractivity contribution in [2.45, 2.75) is 6.92 Å². The van der Waals surface area contributed by atoms with E-state index < -0.39 is 0 Å². The van der Waals surface area contributed by atoms with E-state index >= 15 is 0 Å². The largest absolute Gasteiger partial charge is 0.382 e. The zero-order valence-electron chi connectivity index (χ0n) is 8.78. The lowest BCUT2D eigenvalue weighted by molar-refractivity contribution is 0.566. The molecule has 0 fully saturated rings. The molecule has 2 nitrogen and oxygen atoms in total. The van der Waals surface area contributed by atoms with Gasteiger partial charge in [0.1, 0.15) is 6.07 Å². The highest BCUT2D eigenvalue weighted by Crippen LogP contribution is 2.14. The van der Waals surface area contributed by atoms with Crippen LogP contribution in [0.2, 0.25) is 0 Å². The molecular formula is C12H14N2. The highest BCUT2D eigenvalue weighted by Gasteiger charge is 1.99. The Kier molecular flexibility index (Phi) is 3.30. The van der Waals surface area contributed by atoms with Gasteiger partial charge >= 0.3 is 0 Å². The maximum atomic E-state index is 8.95. The van der Waals surface area contributed by atoms with Crippen molar-refractivity contribution in [2.24, 2.45) is 0 Å². The summed E-state index contributed by atoms with van der Waals surface area (Å²) in [5, 5.41) is 8.95. The normalized spacial score (nSPS) is 10.9. The van der Waals surface area contributed by atoms with Crippen molar-refractivity contribution in [3.63, 3.8) is 0 Å². The van der Waals surface area contributed by atoms with Crippen LogP contribution in [0.1, 0.15) is 11.1 Å². The van der Waals surface area contributed by atoms with Crippen molar-refractivity contribution in [1.29, 1.82) is 5.26 Å². The average Bonchev–Trinajstić information content (AvgIpc) is 2.15. The molecule has 2 heteroatoms. The average molecular weight is 186 g/mol. The molecule has 0 aromatic heterocycles. The molecular weight excluding hydrogens is 172 g/mol. The Morgan fingerprint density at radius 2 is 1.86 bits per heavy atom. The number of aryl methyl sites for hydroxylation is 1. The van der Waals surface area contributed by atoms with Crippen LogP contribution < -0.4 is 0 Å². The molecule has 1 aromatic carbocycles. The van der Waals surface area contributed by atoms with Crippen LogP contribution >= 0.6 is 0 Å². The minimum atomic E-state index is 0.690. The van der Waals surface area contributed by atoms with Crippen LogP contribution in [-0.2, 0) is 0 Å². The molecule has 0 amide bonds. The molecule has 0 saturated carbocycles. The van der Waals surface area contributed by atoms with Gasteiger partial charge in [0.2, 0.25) is 0 Å². The second-order valence-electron chi connectivity index (χ2n) is 3.48. The first kappa shape index (κ1) is 10.3. The number of hydrogen-bond donors (Lipinski definition) is 0. The molecule has 0 N–H and O–H groups in total. The fraction of sp³-hybridized carbons (Fsp3) is 0.250. The van der Waals surface area contributed by atoms with Crippen LogP contribution in [0.3, 0.4) is 0 Å². The van der Waals surface area contributed by atoms with Crippen molar-refractivity contribution >= 4 is 5.57 Å². The molecule has 0 bridgehead atoms. The van der Waals surface area contributed by atoms with Gasteiger partial charge < -0.3 is 4.90 Å². The van der Waals surface area contributed by atoms with Crippen LogP contribution in [-0.4, -0.2) is 19.0 Å². The predicted molar refractivity (Wildman–Crippen MR) is 58.5 cm³/mol. The van der Waals surface area contributed by atoms with E-state index in [1.807, 2.05) is 56.4 Å². The van der Waals surface area contributed by atoms with Crippen molar-refractivity contribution in [3.8, 4) is 6.07 Å². The van der Waals surface area contributed by atoms with Gasteiger partial charge in [-0.05, 0) is 12.5 Å². The summed E-state index contributed by atoms with van der Waals surface area (Å²) in [6.07, 6.45) is 1.82. The third kappa shape index (κ3) is 2.63. The van der Waals surface area contributed by atoms with Crippen molar-refractivity contribution in [1.82, 2.24) is 4.90 Å². The van der Waals surface area contributed by atoms with Crippen LogP contribution in [0.15, 0.2) is 30.5 Å². The second kappa shape index (κ2) is 4.48. The molecule has 0 aliphatic rings. The maximum Gasteiger partial charge on any atom is 0.101 e. The zero-order valence-corrected chi connectivity index (χ0v) is 8.78. The first-order valence-corrected chi connectivity index (χ1v) is 4.49. The van der Waals surface area contributed by atoms with E-state index in [0.29, 0.717) is 5.57 Å². The van der Waals surface area contributed by atoms with E-state index in [1.54, 1.807) is 0 Å². The van der Waals surface area contributed by atoms with Crippen molar-refractivity contribution < 1.29 is 0 Å². The molecule has 14 heavy (non-hydrogen) atoms. The second-order valence-corrected chi connectivity index (χ2v) is 3.48. The van der Waals surface area contributed by atoms with Gasteiger partial charge in [-0.1, -0.05) is 29.8 Å². The smallest absolute Gasteiger partial charge is 0.101 e. The Balaban J connectivity index is 3.03. The molecule has 0 aliphatic heterocycles. The molecule has 1 aromatic rings. The Morgan fingerprint density at radius 1 is 1.29 bits per heavy atom. The Labute approximate surface area is 85.1 Å². The lowest BCUT2D eigenvalue weighted by Crippen LogP contribution is -2.02. The molecule has 1 rings (SSSR count). The summed E-state index contributed by atoms with van der Waals surface area (Å²) in [5.74, 6) is 0. The molecule has 0 unspecified atom stereocenters. The van der Waals surface area contributed by atoms with Crippen LogP contribution in [0.25, 0.3) is 5.57 Å². The Bertz CT molecular complexity index is 366. The van der Waals surface area contributed by atoms with E-state index in [9.17, 15) is 0 Å². The van der Waals surface area contributed by atoms with E-state index in [0.717, 1.165) is 5.56 Å². The highest BCUT2D eigenvalue weighted by molar-refractivity contribution is 5.76. The maximum absolute atomic E-state index is 8.95. The lowest BCUT2D eigenvalue weighted by Gasteiger charge is -2.06. The van der Waals surface area contributed by atoms with Crippen LogP contribution in [0, 0.1) is 18.3 Å². The lowest BCUT2D eigenvalue weighted by atomic mass is 10.1. The standard InChI is InChI=1S/C12H14N2/c1-10-4-6-11(7-5-10)12(8-13)9-14(2)3/h4-7,9H,1-3H3/b12-9-. The van der Waals surface area contributed by atoms with Gasteiger partial charge in [-0.2, -0.15) is 5.26 Å². The third-order valence-electron chi connectivity index (χ3n) is 1.87. The summed E-state index contributed by atoms with van der Waals surface area (Å²) >= 11 is 0. The summed E-state index contributed by atoms with van der Waals surface area (Å²) in [5.41, 5.74) is 2.86. The summed E-state index contributed by atoms with van der Waals surface area (Å²) in [4.78, 5) is 1.87. The molecule has 72 valence electrons. The minimum absolute atomic E-state index is 0.690. The van der Waals surface area contributed by atoms with Crippen molar-refractivity contribution in [2.75, 3.05) is 14.1 Å². The summed E-state index contributed by atoms with van der Waals surface area (Å²) < 4.78 is 0. The number of rotatable bonds is 2. The third-order valence-corrected chi connectivity index (χ3v) is 1.87. The topological polar surface area (TPSA) is 27.0 Å². The van der Waals surface area contributed by atoms with E-state index in [2.05, 4.69) is 6.07 Å². The van der Waals surface area contributed by atoms with Gasteiger partial charge in [0.15, 0.2) is 0 Å². The molecule has 0 aliphatic carbocycles. The Hall–Kier alpha value is -1.75. The number of nitrogens with zero attached hydrogens (tertiary/aromatic N) is 2. The first-order valence-electron chi connectivity index (χ1n) is 4.49. The minimum Gasteiger partial charge on any atom is -0.382 e. The van der Waals surface area contributed by atoms with E-state index in [-0.39, 0.29) is 0 Å². The molecule has 0 atom stereocenters. The van der Waals surface area contributed by atoms with Crippen molar-refractivity contribution in [3.05, 3.63) is 41.6 Å². The van der Waals surface area contributed by atoms with Crippen LogP contribution in [0.4, 0.5) is 0 Å². The first-order chi connectivity index (χ1) is 6.63. The number of nitriles is 1. The number of benzene rings is 1. The monoisotopic (exact) mass is 186 g/mol. The fourth-order valence-electron chi connectivity index (χ4n) is 1.16.